The number of aliphatic hydroxyl groups excluding tert-OH is 1. The zero-order chi connectivity index (χ0) is 17.6. The Balaban J connectivity index is 1.17. The number of hydrogen-bond donors (Lipinski definition) is 1. The smallest absolute Gasteiger partial charge is 0.309 e. The maximum atomic E-state index is 12.2. The highest BCUT2D eigenvalue weighted by Crippen LogP contribution is 2.41. The van der Waals surface area contributed by atoms with E-state index in [4.69, 9.17) is 18.9 Å². The van der Waals surface area contributed by atoms with Crippen LogP contribution in [0.1, 0.15) is 46.0 Å². The molecule has 25 heavy (non-hydrogen) atoms. The van der Waals surface area contributed by atoms with E-state index in [1.807, 2.05) is 19.9 Å². The monoisotopic (exact) mass is 352 g/mol. The number of carbonyl (C=O) groups is 1. The summed E-state index contributed by atoms with van der Waals surface area (Å²) in [5.74, 6) is 0.968. The Labute approximate surface area is 148 Å². The summed E-state index contributed by atoms with van der Waals surface area (Å²) in [6.45, 7) is 4.61. The summed E-state index contributed by atoms with van der Waals surface area (Å²) in [7, 11) is 0. The number of ether oxygens (including phenoxy) is 4. The molecule has 1 saturated carbocycles. The van der Waals surface area contributed by atoms with Crippen molar-refractivity contribution < 1.29 is 28.8 Å². The van der Waals surface area contributed by atoms with Gasteiger partial charge >= 0.3 is 5.97 Å². The fraction of sp³-hybridized carbons (Fsp3) is 0.842. The van der Waals surface area contributed by atoms with Gasteiger partial charge in [0.2, 0.25) is 0 Å². The quantitative estimate of drug-likeness (QED) is 0.430. The first-order valence-corrected chi connectivity index (χ1v) is 9.40. The van der Waals surface area contributed by atoms with Crippen molar-refractivity contribution in [2.24, 2.45) is 17.3 Å². The first kappa shape index (κ1) is 17.3. The molecule has 0 aromatic rings. The Bertz CT molecular complexity index is 556. The summed E-state index contributed by atoms with van der Waals surface area (Å²) >= 11 is 0. The SMILES string of the molecule is CC(C)(COC(=O)C1CCC2OC2C1)COC(O)C1CC=C2OC2C1. The van der Waals surface area contributed by atoms with Crippen LogP contribution in [0.15, 0.2) is 11.8 Å². The molecule has 0 aromatic carbocycles. The number of esters is 1. The van der Waals surface area contributed by atoms with Crippen LogP contribution in [-0.2, 0) is 23.7 Å². The van der Waals surface area contributed by atoms with Gasteiger partial charge in [-0.25, -0.2) is 0 Å². The average molecular weight is 352 g/mol. The molecule has 6 heteroatoms. The summed E-state index contributed by atoms with van der Waals surface area (Å²) in [4.78, 5) is 12.2. The van der Waals surface area contributed by atoms with Crippen molar-refractivity contribution >= 4 is 5.97 Å². The van der Waals surface area contributed by atoms with E-state index in [-0.39, 0.29) is 35.4 Å². The Kier molecular flexibility index (Phi) is 4.54. The third-order valence-corrected chi connectivity index (χ3v) is 5.67. The van der Waals surface area contributed by atoms with Crippen LogP contribution in [-0.4, -0.2) is 48.9 Å². The summed E-state index contributed by atoms with van der Waals surface area (Å²) in [6, 6.07) is 0. The lowest BCUT2D eigenvalue weighted by molar-refractivity contribution is -0.168. The minimum Gasteiger partial charge on any atom is -0.483 e. The average Bonchev–Trinajstić information content (AvgIpc) is 3.50. The van der Waals surface area contributed by atoms with Gasteiger partial charge in [-0.3, -0.25) is 4.79 Å². The molecule has 0 amide bonds. The molecule has 0 bridgehead atoms. The minimum atomic E-state index is -0.806. The molecular formula is C19H28O6. The van der Waals surface area contributed by atoms with Crippen molar-refractivity contribution in [1.29, 1.82) is 0 Å². The summed E-state index contributed by atoms with van der Waals surface area (Å²) in [6.07, 6.45) is 6.30. The second kappa shape index (κ2) is 6.56. The van der Waals surface area contributed by atoms with Crippen LogP contribution in [0, 0.1) is 17.3 Å². The van der Waals surface area contributed by atoms with E-state index in [9.17, 15) is 9.90 Å². The van der Waals surface area contributed by atoms with Crippen LogP contribution in [0.25, 0.3) is 0 Å². The van der Waals surface area contributed by atoms with Crippen LogP contribution in [0.4, 0.5) is 0 Å². The molecule has 2 saturated heterocycles. The van der Waals surface area contributed by atoms with Gasteiger partial charge in [0.05, 0.1) is 31.3 Å². The summed E-state index contributed by atoms with van der Waals surface area (Å²) in [5.41, 5.74) is -0.338. The number of allylic oxidation sites excluding steroid dienone is 1. The predicted octanol–water partition coefficient (Wildman–Crippen LogP) is 2.15. The molecule has 2 heterocycles. The number of fused-ring (bicyclic) bond motifs is 2. The molecule has 3 fully saturated rings. The largest absolute Gasteiger partial charge is 0.483 e. The maximum absolute atomic E-state index is 12.2. The lowest BCUT2D eigenvalue weighted by atomic mass is 9.89. The van der Waals surface area contributed by atoms with E-state index < -0.39 is 6.29 Å². The number of epoxide rings is 2. The van der Waals surface area contributed by atoms with Crippen LogP contribution in [0.2, 0.25) is 0 Å². The molecular weight excluding hydrogens is 324 g/mol. The van der Waals surface area contributed by atoms with Crippen LogP contribution >= 0.6 is 0 Å². The van der Waals surface area contributed by atoms with E-state index in [2.05, 4.69) is 0 Å². The molecule has 2 aliphatic heterocycles. The van der Waals surface area contributed by atoms with Crippen LogP contribution < -0.4 is 0 Å². The number of hydrogen-bond acceptors (Lipinski definition) is 6. The number of aliphatic hydroxyl groups is 1. The third-order valence-electron chi connectivity index (χ3n) is 5.67. The Morgan fingerprint density at radius 1 is 1.32 bits per heavy atom. The Hall–Kier alpha value is -1.11. The second-order valence-corrected chi connectivity index (χ2v) is 8.64. The standard InChI is InChI=1S/C19H28O6/c1-19(2,9-22-17(20)11-3-5-13-15(7-11)24-13)10-23-18(21)12-4-6-14-16(8-12)25-14/h5,11-12,14-17,20H,3-4,6-10H2,1-2H3. The van der Waals surface area contributed by atoms with Gasteiger partial charge in [0, 0.05) is 11.3 Å². The van der Waals surface area contributed by atoms with Gasteiger partial charge in [-0.1, -0.05) is 13.8 Å². The topological polar surface area (TPSA) is 80.8 Å². The molecule has 4 rings (SSSR count). The van der Waals surface area contributed by atoms with Gasteiger partial charge in [-0.2, -0.15) is 0 Å². The predicted molar refractivity (Wildman–Crippen MR) is 88.4 cm³/mol. The van der Waals surface area contributed by atoms with Crippen LogP contribution in [0.3, 0.4) is 0 Å². The van der Waals surface area contributed by atoms with Crippen molar-refractivity contribution in [3.8, 4) is 0 Å². The molecule has 6 atom stereocenters. The van der Waals surface area contributed by atoms with Gasteiger partial charge in [0.25, 0.3) is 0 Å². The van der Waals surface area contributed by atoms with Crippen molar-refractivity contribution in [2.45, 2.75) is 70.6 Å². The van der Waals surface area contributed by atoms with Crippen molar-refractivity contribution in [2.75, 3.05) is 13.2 Å². The fourth-order valence-electron chi connectivity index (χ4n) is 3.84. The molecule has 0 spiro atoms. The van der Waals surface area contributed by atoms with E-state index in [1.54, 1.807) is 0 Å². The highest BCUT2D eigenvalue weighted by atomic mass is 16.6. The first-order chi connectivity index (χ1) is 11.9. The molecule has 6 nitrogen and oxygen atoms in total. The minimum absolute atomic E-state index is 0.0344. The van der Waals surface area contributed by atoms with Gasteiger partial charge in [-0.15, -0.1) is 0 Å². The third kappa shape index (κ3) is 4.18. The number of carbonyl (C=O) groups excluding carboxylic acids is 1. The summed E-state index contributed by atoms with van der Waals surface area (Å²) < 4.78 is 22.0. The van der Waals surface area contributed by atoms with Crippen molar-refractivity contribution in [3.63, 3.8) is 0 Å². The second-order valence-electron chi connectivity index (χ2n) is 8.64. The van der Waals surface area contributed by atoms with Gasteiger partial charge in [0.15, 0.2) is 12.4 Å². The fourth-order valence-corrected chi connectivity index (χ4v) is 3.84. The highest BCUT2D eigenvalue weighted by molar-refractivity contribution is 5.72. The highest BCUT2D eigenvalue weighted by Gasteiger charge is 2.46. The van der Waals surface area contributed by atoms with Gasteiger partial charge < -0.3 is 24.1 Å². The zero-order valence-electron chi connectivity index (χ0n) is 15.0. The Morgan fingerprint density at radius 3 is 2.92 bits per heavy atom. The Morgan fingerprint density at radius 2 is 2.16 bits per heavy atom. The lowest BCUT2D eigenvalue weighted by Crippen LogP contribution is -2.34. The first-order valence-electron chi connectivity index (χ1n) is 9.40. The molecule has 2 aliphatic carbocycles. The molecule has 0 radical (unpaired) electrons. The van der Waals surface area contributed by atoms with Gasteiger partial charge in [0.1, 0.15) is 5.76 Å². The lowest BCUT2D eigenvalue weighted by Gasteiger charge is -2.29. The summed E-state index contributed by atoms with van der Waals surface area (Å²) in [5, 5.41) is 10.3. The van der Waals surface area contributed by atoms with E-state index in [0.29, 0.717) is 19.3 Å². The normalized spacial score (nSPS) is 37.1. The van der Waals surface area contributed by atoms with Crippen molar-refractivity contribution in [3.05, 3.63) is 11.8 Å². The van der Waals surface area contributed by atoms with Crippen LogP contribution in [0.5, 0.6) is 0 Å². The number of rotatable bonds is 7. The van der Waals surface area contributed by atoms with Gasteiger partial charge in [-0.05, 0) is 38.2 Å². The molecule has 1 N–H and O–H groups in total. The molecule has 140 valence electrons. The van der Waals surface area contributed by atoms with Crippen molar-refractivity contribution in [1.82, 2.24) is 0 Å². The zero-order valence-corrected chi connectivity index (χ0v) is 15.0. The maximum Gasteiger partial charge on any atom is 0.309 e. The molecule has 4 aliphatic rings. The van der Waals surface area contributed by atoms with E-state index in [1.165, 1.54) is 0 Å². The van der Waals surface area contributed by atoms with E-state index >= 15 is 0 Å². The van der Waals surface area contributed by atoms with E-state index in [0.717, 1.165) is 37.9 Å². The molecule has 6 unspecified atom stereocenters. The molecule has 0 aromatic heterocycles.